The Labute approximate surface area is 141 Å². The lowest BCUT2D eigenvalue weighted by Gasteiger charge is -2.08. The number of methoxy groups -OCH3 is 1. The Morgan fingerprint density at radius 1 is 1.08 bits per heavy atom. The fraction of sp³-hybridized carbons (Fsp3) is 0.125. The highest BCUT2D eigenvalue weighted by atomic mass is 32.2. The van der Waals surface area contributed by atoms with Gasteiger partial charge in [0.05, 0.1) is 12.9 Å². The number of ether oxygens (including phenoxy) is 1. The summed E-state index contributed by atoms with van der Waals surface area (Å²) in [6.07, 6.45) is 0. The highest BCUT2D eigenvalue weighted by Crippen LogP contribution is 2.20. The molecule has 24 heavy (non-hydrogen) atoms. The molecular weight excluding hydrogens is 338 g/mol. The average molecular weight is 352 g/mol. The molecule has 0 aliphatic rings. The SMILES string of the molecule is COc1ccc(C(=O)NNC(=O)CSc2ccccc2F)cc1F. The molecule has 2 amide bonds. The molecule has 0 fully saturated rings. The Hall–Kier alpha value is -2.61. The van der Waals surface area contributed by atoms with Gasteiger partial charge in [0.1, 0.15) is 5.82 Å². The number of carbonyl (C=O) groups is 2. The van der Waals surface area contributed by atoms with Crippen molar-refractivity contribution in [3.05, 3.63) is 59.7 Å². The number of benzene rings is 2. The second kappa shape index (κ2) is 8.30. The van der Waals surface area contributed by atoms with Crippen molar-refractivity contribution in [3.8, 4) is 5.75 Å². The van der Waals surface area contributed by atoms with Crippen LogP contribution in [0.25, 0.3) is 0 Å². The first-order valence-corrected chi connectivity index (χ1v) is 7.80. The fourth-order valence-corrected chi connectivity index (χ4v) is 2.49. The van der Waals surface area contributed by atoms with Gasteiger partial charge in [-0.25, -0.2) is 8.78 Å². The molecule has 8 heteroatoms. The van der Waals surface area contributed by atoms with E-state index in [1.165, 1.54) is 25.3 Å². The second-order valence-electron chi connectivity index (χ2n) is 4.57. The summed E-state index contributed by atoms with van der Waals surface area (Å²) in [5.74, 6) is -2.39. The zero-order chi connectivity index (χ0) is 17.5. The number of nitrogens with one attached hydrogen (secondary N) is 2. The van der Waals surface area contributed by atoms with Gasteiger partial charge in [-0.3, -0.25) is 20.4 Å². The molecule has 2 N–H and O–H groups in total. The van der Waals surface area contributed by atoms with Crippen LogP contribution in [0.2, 0.25) is 0 Å². The van der Waals surface area contributed by atoms with Crippen molar-refractivity contribution >= 4 is 23.6 Å². The van der Waals surface area contributed by atoms with Gasteiger partial charge < -0.3 is 4.74 Å². The molecular formula is C16H14F2N2O3S. The molecule has 0 saturated carbocycles. The molecule has 2 rings (SSSR count). The molecule has 0 radical (unpaired) electrons. The maximum Gasteiger partial charge on any atom is 0.269 e. The van der Waals surface area contributed by atoms with E-state index in [2.05, 4.69) is 10.9 Å². The molecule has 0 aliphatic carbocycles. The van der Waals surface area contributed by atoms with Crippen molar-refractivity contribution in [2.75, 3.05) is 12.9 Å². The number of thioether (sulfide) groups is 1. The Morgan fingerprint density at radius 2 is 1.83 bits per heavy atom. The van der Waals surface area contributed by atoms with Gasteiger partial charge in [0.25, 0.3) is 5.91 Å². The first-order valence-electron chi connectivity index (χ1n) is 6.81. The summed E-state index contributed by atoms with van der Waals surface area (Å²) >= 11 is 0.995. The van der Waals surface area contributed by atoms with Crippen LogP contribution in [0.4, 0.5) is 8.78 Å². The van der Waals surface area contributed by atoms with Gasteiger partial charge in [-0.05, 0) is 30.3 Å². The Morgan fingerprint density at radius 3 is 2.50 bits per heavy atom. The van der Waals surface area contributed by atoms with Gasteiger partial charge in [0.2, 0.25) is 5.91 Å². The monoisotopic (exact) mass is 352 g/mol. The van der Waals surface area contributed by atoms with Crippen molar-refractivity contribution in [3.63, 3.8) is 0 Å². The molecule has 0 saturated heterocycles. The Kier molecular flexibility index (Phi) is 6.14. The highest BCUT2D eigenvalue weighted by molar-refractivity contribution is 8.00. The van der Waals surface area contributed by atoms with Crippen molar-refractivity contribution in [2.24, 2.45) is 0 Å². The quantitative estimate of drug-likeness (QED) is 0.641. The zero-order valence-electron chi connectivity index (χ0n) is 12.6. The number of carbonyl (C=O) groups excluding carboxylic acids is 2. The van der Waals surface area contributed by atoms with Gasteiger partial charge in [-0.15, -0.1) is 11.8 Å². The van der Waals surface area contributed by atoms with Gasteiger partial charge in [-0.2, -0.15) is 0 Å². The first-order chi connectivity index (χ1) is 11.5. The van der Waals surface area contributed by atoms with E-state index in [1.54, 1.807) is 18.2 Å². The molecule has 0 bridgehead atoms. The smallest absolute Gasteiger partial charge is 0.269 e. The molecule has 0 heterocycles. The predicted octanol–water partition coefficient (Wildman–Crippen LogP) is 2.53. The van der Waals surface area contributed by atoms with Crippen molar-refractivity contribution < 1.29 is 23.1 Å². The van der Waals surface area contributed by atoms with E-state index in [9.17, 15) is 18.4 Å². The van der Waals surface area contributed by atoms with Gasteiger partial charge in [-0.1, -0.05) is 12.1 Å². The van der Waals surface area contributed by atoms with E-state index < -0.39 is 23.4 Å². The van der Waals surface area contributed by atoms with E-state index in [0.717, 1.165) is 17.8 Å². The predicted molar refractivity (Wildman–Crippen MR) is 85.7 cm³/mol. The van der Waals surface area contributed by atoms with E-state index in [4.69, 9.17) is 4.74 Å². The number of hydrogen-bond acceptors (Lipinski definition) is 4. The fourth-order valence-electron chi connectivity index (χ4n) is 1.75. The maximum atomic E-state index is 13.5. The first kappa shape index (κ1) is 17.7. The van der Waals surface area contributed by atoms with Crippen molar-refractivity contribution in [2.45, 2.75) is 4.90 Å². The van der Waals surface area contributed by atoms with Gasteiger partial charge in [0, 0.05) is 10.5 Å². The summed E-state index contributed by atoms with van der Waals surface area (Å²) in [6, 6.07) is 9.70. The van der Waals surface area contributed by atoms with Crippen LogP contribution in [0.1, 0.15) is 10.4 Å². The lowest BCUT2D eigenvalue weighted by atomic mass is 10.2. The largest absolute Gasteiger partial charge is 0.494 e. The molecule has 0 atom stereocenters. The summed E-state index contributed by atoms with van der Waals surface area (Å²) in [4.78, 5) is 23.8. The van der Waals surface area contributed by atoms with E-state index in [1.807, 2.05) is 0 Å². The summed E-state index contributed by atoms with van der Waals surface area (Å²) in [5, 5.41) is 0. The molecule has 2 aromatic carbocycles. The van der Waals surface area contributed by atoms with Crippen LogP contribution in [0.3, 0.4) is 0 Å². The minimum Gasteiger partial charge on any atom is -0.494 e. The van der Waals surface area contributed by atoms with Crippen LogP contribution < -0.4 is 15.6 Å². The molecule has 0 spiro atoms. The second-order valence-corrected chi connectivity index (χ2v) is 5.59. The summed E-state index contributed by atoms with van der Waals surface area (Å²) in [6.45, 7) is 0. The normalized spacial score (nSPS) is 10.1. The Bertz CT molecular complexity index is 756. The third-order valence-corrected chi connectivity index (χ3v) is 3.97. The summed E-state index contributed by atoms with van der Waals surface area (Å²) in [7, 11) is 1.31. The van der Waals surface area contributed by atoms with E-state index >= 15 is 0 Å². The van der Waals surface area contributed by atoms with Crippen LogP contribution in [-0.4, -0.2) is 24.7 Å². The Balaban J connectivity index is 1.84. The lowest BCUT2D eigenvalue weighted by molar-refractivity contribution is -0.119. The molecule has 2 aromatic rings. The molecule has 126 valence electrons. The number of halogens is 2. The number of amides is 2. The van der Waals surface area contributed by atoms with Gasteiger partial charge in [0.15, 0.2) is 11.6 Å². The van der Waals surface area contributed by atoms with Crippen LogP contribution in [-0.2, 0) is 4.79 Å². The van der Waals surface area contributed by atoms with Crippen LogP contribution >= 0.6 is 11.8 Å². The number of hydrazine groups is 1. The maximum absolute atomic E-state index is 13.5. The van der Waals surface area contributed by atoms with Crippen LogP contribution in [0.15, 0.2) is 47.4 Å². The minimum atomic E-state index is -0.688. The van der Waals surface area contributed by atoms with Crippen molar-refractivity contribution in [1.29, 1.82) is 0 Å². The molecule has 0 unspecified atom stereocenters. The van der Waals surface area contributed by atoms with E-state index in [-0.39, 0.29) is 17.1 Å². The van der Waals surface area contributed by atoms with Gasteiger partial charge >= 0.3 is 0 Å². The highest BCUT2D eigenvalue weighted by Gasteiger charge is 2.11. The summed E-state index contributed by atoms with van der Waals surface area (Å²) in [5.41, 5.74) is 4.37. The topological polar surface area (TPSA) is 67.4 Å². The molecule has 0 aliphatic heterocycles. The van der Waals surface area contributed by atoms with Crippen LogP contribution in [0, 0.1) is 11.6 Å². The van der Waals surface area contributed by atoms with E-state index in [0.29, 0.717) is 4.90 Å². The van der Waals surface area contributed by atoms with Crippen molar-refractivity contribution in [1.82, 2.24) is 10.9 Å². The lowest BCUT2D eigenvalue weighted by Crippen LogP contribution is -2.42. The average Bonchev–Trinajstić information content (AvgIpc) is 2.58. The van der Waals surface area contributed by atoms with Crippen LogP contribution in [0.5, 0.6) is 5.75 Å². The number of hydrogen-bond donors (Lipinski definition) is 2. The summed E-state index contributed by atoms with van der Waals surface area (Å²) < 4.78 is 31.7. The molecule has 0 aromatic heterocycles. The third kappa shape index (κ3) is 4.69. The third-order valence-electron chi connectivity index (χ3n) is 2.92. The molecule has 5 nitrogen and oxygen atoms in total. The number of rotatable bonds is 5. The zero-order valence-corrected chi connectivity index (χ0v) is 13.5. The minimum absolute atomic E-state index is 0.0110. The standard InChI is InChI=1S/C16H14F2N2O3S/c1-23-13-7-6-10(8-12(13)18)16(22)20-19-15(21)9-24-14-5-3-2-4-11(14)17/h2-8H,9H2,1H3,(H,19,21)(H,20,22).